The third kappa shape index (κ3) is 4.18. The Morgan fingerprint density at radius 2 is 1.80 bits per heavy atom. The number of carbonyl (C=O) groups excluding carboxylic acids is 2. The largest absolute Gasteiger partial charge is 0.503 e. The van der Waals surface area contributed by atoms with E-state index in [-0.39, 0.29) is 11.4 Å². The Kier molecular flexibility index (Phi) is 6.73. The highest BCUT2D eigenvalue weighted by Crippen LogP contribution is 2.39. The molecule has 160 valence electrons. The van der Waals surface area contributed by atoms with Crippen LogP contribution in [0, 0.1) is 20.8 Å². The molecule has 0 saturated carbocycles. The molecular weight excluding hydrogens is 398 g/mol. The average Bonchev–Trinajstić information content (AvgIpc) is 3.19. The van der Waals surface area contributed by atoms with Crippen LogP contribution in [-0.2, 0) is 4.79 Å². The zero-order valence-electron chi connectivity index (χ0n) is 18.3. The number of aliphatic hydroxyl groups is 1. The summed E-state index contributed by atoms with van der Waals surface area (Å²) in [6, 6.07) is 7.20. The van der Waals surface area contributed by atoms with E-state index in [0.717, 1.165) is 35.8 Å². The zero-order chi connectivity index (χ0) is 22.0. The minimum absolute atomic E-state index is 0.158. The van der Waals surface area contributed by atoms with Crippen molar-refractivity contribution < 1.29 is 19.6 Å². The molecule has 2 heterocycles. The molecule has 1 aliphatic heterocycles. The third-order valence-corrected chi connectivity index (χ3v) is 6.83. The van der Waals surface area contributed by atoms with E-state index in [2.05, 4.69) is 18.8 Å². The van der Waals surface area contributed by atoms with Gasteiger partial charge >= 0.3 is 0 Å². The lowest BCUT2D eigenvalue weighted by molar-refractivity contribution is -0.895. The molecule has 0 bridgehead atoms. The van der Waals surface area contributed by atoms with Gasteiger partial charge < -0.3 is 14.9 Å². The van der Waals surface area contributed by atoms with Crippen molar-refractivity contribution in [3.8, 4) is 0 Å². The number of aromatic nitrogens is 1. The van der Waals surface area contributed by atoms with Gasteiger partial charge in [0.2, 0.25) is 5.78 Å². The Morgan fingerprint density at radius 1 is 1.17 bits per heavy atom. The molecule has 3 rings (SSSR count). The number of ketones is 1. The van der Waals surface area contributed by atoms with Crippen LogP contribution < -0.4 is 4.90 Å². The number of aliphatic hydroxyl groups excluding tert-OH is 1. The summed E-state index contributed by atoms with van der Waals surface area (Å²) in [6.07, 6.45) is 0. The van der Waals surface area contributed by atoms with Crippen LogP contribution in [0.3, 0.4) is 0 Å². The van der Waals surface area contributed by atoms with E-state index >= 15 is 0 Å². The van der Waals surface area contributed by atoms with Crippen LogP contribution in [0.25, 0.3) is 0 Å². The number of amides is 1. The number of likely N-dealkylation sites (N-methyl/N-ethyl adjacent to an activating group) is 1. The average molecular weight is 429 g/mol. The van der Waals surface area contributed by atoms with Gasteiger partial charge in [0, 0.05) is 0 Å². The highest BCUT2D eigenvalue weighted by atomic mass is 32.1. The molecule has 1 atom stereocenters. The van der Waals surface area contributed by atoms with E-state index in [4.69, 9.17) is 0 Å². The summed E-state index contributed by atoms with van der Waals surface area (Å²) >= 11 is 1.30. The first-order chi connectivity index (χ1) is 14.3. The van der Waals surface area contributed by atoms with Crippen molar-refractivity contribution in [1.29, 1.82) is 0 Å². The van der Waals surface area contributed by atoms with E-state index < -0.39 is 17.7 Å². The highest BCUT2D eigenvalue weighted by molar-refractivity contribution is 7.14. The SMILES string of the molecule is CC[NH+](CC)CCN1C(=O)C(O)=C(C(=O)c2sc(C)nc2C)[C@H]1c1ccc(C)cc1. The Morgan fingerprint density at radius 3 is 2.33 bits per heavy atom. The van der Waals surface area contributed by atoms with E-state index in [1.54, 1.807) is 11.8 Å². The second-order valence-corrected chi connectivity index (χ2v) is 8.96. The van der Waals surface area contributed by atoms with E-state index in [0.29, 0.717) is 17.1 Å². The second kappa shape index (κ2) is 9.10. The summed E-state index contributed by atoms with van der Waals surface area (Å²) in [5, 5.41) is 11.6. The fourth-order valence-corrected chi connectivity index (χ4v) is 4.83. The van der Waals surface area contributed by atoms with Crippen molar-refractivity contribution in [1.82, 2.24) is 9.88 Å². The second-order valence-electron chi connectivity index (χ2n) is 7.76. The molecule has 1 aromatic carbocycles. The minimum atomic E-state index is -0.595. The molecule has 1 aliphatic rings. The number of rotatable bonds is 8. The molecule has 0 spiro atoms. The van der Waals surface area contributed by atoms with Crippen molar-refractivity contribution in [3.63, 3.8) is 0 Å². The first-order valence-corrected chi connectivity index (χ1v) is 11.2. The van der Waals surface area contributed by atoms with Gasteiger partial charge in [-0.15, -0.1) is 11.3 Å². The zero-order valence-corrected chi connectivity index (χ0v) is 19.1. The molecule has 7 heteroatoms. The monoisotopic (exact) mass is 428 g/mol. The first-order valence-electron chi connectivity index (χ1n) is 10.4. The number of Topliss-reactive ketones (excluding diaryl/α,β-unsaturated/α-hetero) is 1. The maximum Gasteiger partial charge on any atom is 0.290 e. The number of nitrogens with zero attached hydrogens (tertiary/aromatic N) is 2. The summed E-state index contributed by atoms with van der Waals surface area (Å²) in [5.41, 5.74) is 2.71. The number of hydrogen-bond acceptors (Lipinski definition) is 5. The number of aryl methyl sites for hydroxylation is 3. The molecule has 0 fully saturated rings. The molecule has 2 aromatic rings. The van der Waals surface area contributed by atoms with Crippen molar-refractivity contribution in [2.45, 2.75) is 40.7 Å². The van der Waals surface area contributed by atoms with E-state index in [9.17, 15) is 14.7 Å². The standard InChI is InChI=1S/C23H29N3O3S/c1-6-25(7-2)12-13-26-19(17-10-8-14(3)9-11-17)18(21(28)23(26)29)20(27)22-15(4)24-16(5)30-22/h8-11,19,28H,6-7,12-13H2,1-5H3/p+1/t19-/m1/s1. The lowest BCUT2D eigenvalue weighted by Gasteiger charge is -2.28. The number of quaternary nitrogens is 1. The van der Waals surface area contributed by atoms with Gasteiger partial charge in [-0.3, -0.25) is 9.59 Å². The van der Waals surface area contributed by atoms with Gasteiger partial charge in [0.1, 0.15) is 0 Å². The number of thiazole rings is 1. The Bertz CT molecular complexity index is 974. The maximum atomic E-state index is 13.5. The molecule has 6 nitrogen and oxygen atoms in total. The fraction of sp³-hybridized carbons (Fsp3) is 0.435. The van der Waals surface area contributed by atoms with Crippen LogP contribution in [0.4, 0.5) is 0 Å². The van der Waals surface area contributed by atoms with Gasteiger partial charge in [-0.25, -0.2) is 4.98 Å². The van der Waals surface area contributed by atoms with Crippen molar-refractivity contribution >= 4 is 23.0 Å². The van der Waals surface area contributed by atoms with E-state index in [1.807, 2.05) is 38.1 Å². The van der Waals surface area contributed by atoms with Gasteiger partial charge in [-0.1, -0.05) is 29.8 Å². The molecule has 1 amide bonds. The number of benzene rings is 1. The Hall–Kier alpha value is -2.51. The molecule has 0 radical (unpaired) electrons. The summed E-state index contributed by atoms with van der Waals surface area (Å²) in [6.45, 7) is 13.0. The van der Waals surface area contributed by atoms with Crippen LogP contribution in [0.5, 0.6) is 0 Å². The van der Waals surface area contributed by atoms with Crippen molar-refractivity contribution in [3.05, 3.63) is 62.3 Å². The van der Waals surface area contributed by atoms with Gasteiger partial charge in [-0.2, -0.15) is 0 Å². The smallest absolute Gasteiger partial charge is 0.290 e. The minimum Gasteiger partial charge on any atom is -0.503 e. The maximum absolute atomic E-state index is 13.5. The van der Waals surface area contributed by atoms with Crippen molar-refractivity contribution in [2.75, 3.05) is 26.2 Å². The lowest BCUT2D eigenvalue weighted by atomic mass is 9.94. The van der Waals surface area contributed by atoms with Gasteiger partial charge in [0.15, 0.2) is 5.76 Å². The molecule has 0 saturated heterocycles. The molecule has 0 aliphatic carbocycles. The Balaban J connectivity index is 2.04. The number of carbonyl (C=O) groups is 2. The first kappa shape index (κ1) is 22.2. The summed E-state index contributed by atoms with van der Waals surface area (Å²) in [4.78, 5) is 34.3. The predicted molar refractivity (Wildman–Crippen MR) is 118 cm³/mol. The van der Waals surface area contributed by atoms with Crippen LogP contribution in [0.1, 0.15) is 51.4 Å². The third-order valence-electron chi connectivity index (χ3n) is 5.76. The number of hydrogen-bond donors (Lipinski definition) is 2. The summed E-state index contributed by atoms with van der Waals surface area (Å²) < 4.78 is 0. The molecule has 0 unspecified atom stereocenters. The van der Waals surface area contributed by atoms with Crippen LogP contribution >= 0.6 is 11.3 Å². The fourth-order valence-electron chi connectivity index (χ4n) is 3.96. The van der Waals surface area contributed by atoms with Gasteiger partial charge in [0.25, 0.3) is 5.91 Å². The van der Waals surface area contributed by atoms with Gasteiger partial charge in [-0.05, 0) is 40.2 Å². The molecule has 1 aromatic heterocycles. The Labute approximate surface area is 181 Å². The predicted octanol–water partition coefficient (Wildman–Crippen LogP) is 2.57. The molecule has 30 heavy (non-hydrogen) atoms. The molecular formula is C23H30N3O3S+. The normalized spacial score (nSPS) is 16.8. The van der Waals surface area contributed by atoms with Crippen molar-refractivity contribution in [2.24, 2.45) is 0 Å². The quantitative estimate of drug-likeness (QED) is 0.634. The highest BCUT2D eigenvalue weighted by Gasteiger charge is 2.44. The van der Waals surface area contributed by atoms with Crippen LogP contribution in [0.2, 0.25) is 0 Å². The van der Waals surface area contributed by atoms with Gasteiger partial charge in [0.05, 0.1) is 53.4 Å². The lowest BCUT2D eigenvalue weighted by Crippen LogP contribution is -3.12. The van der Waals surface area contributed by atoms with Crippen LogP contribution in [0.15, 0.2) is 35.6 Å². The number of nitrogens with one attached hydrogen (secondary N) is 1. The topological polar surface area (TPSA) is 74.9 Å². The van der Waals surface area contributed by atoms with E-state index in [1.165, 1.54) is 16.2 Å². The summed E-state index contributed by atoms with van der Waals surface area (Å²) in [7, 11) is 0. The van der Waals surface area contributed by atoms with Crippen LogP contribution in [-0.4, -0.2) is 52.9 Å². The summed E-state index contributed by atoms with van der Waals surface area (Å²) in [5.74, 6) is -1.23. The molecule has 2 N–H and O–H groups in total.